The van der Waals surface area contributed by atoms with E-state index in [-0.39, 0.29) is 85.1 Å². The average molecular weight is 1940 g/mol. The number of fused-ring (bicyclic) bond motifs is 4. The second-order valence-corrected chi connectivity index (χ2v) is 36.9. The quantitative estimate of drug-likeness (QED) is 0.00267. The molecule has 0 aliphatic carbocycles. The topological polar surface area (TPSA) is 434 Å². The minimum absolute atomic E-state index is 0.00437. The molecule has 37 heteroatoms. The molecule has 13 aromatic rings. The lowest BCUT2D eigenvalue weighted by atomic mass is 10.1. The number of hydroxylamine groups is 2. The summed E-state index contributed by atoms with van der Waals surface area (Å²) in [5.74, 6) is 1.04. The summed E-state index contributed by atoms with van der Waals surface area (Å²) in [7, 11) is -0.246. The van der Waals surface area contributed by atoms with Crippen molar-refractivity contribution < 1.29 is 78.1 Å². The van der Waals surface area contributed by atoms with Crippen molar-refractivity contribution in [2.45, 2.75) is 119 Å². The lowest BCUT2D eigenvalue weighted by molar-refractivity contribution is -0.120. The number of halogens is 3. The number of aromatic nitrogens is 8. The molecule has 0 saturated carbocycles. The minimum atomic E-state index is -1.58. The van der Waals surface area contributed by atoms with Gasteiger partial charge in [-0.15, -0.1) is 23.2 Å². The highest BCUT2D eigenvalue weighted by atomic mass is 35.5. The number of aliphatic hydroxyl groups excluding tert-OH is 2. The summed E-state index contributed by atoms with van der Waals surface area (Å²) < 4.78 is 16.0. The van der Waals surface area contributed by atoms with Gasteiger partial charge in [0.25, 0.3) is 11.8 Å². The van der Waals surface area contributed by atoms with E-state index in [1.165, 1.54) is 56.7 Å². The maximum absolute atomic E-state index is 12.9. The number of nitrogens with two attached hydrogens (primary N) is 1. The first kappa shape index (κ1) is 114. The molecule has 13 rings (SSSR count). The summed E-state index contributed by atoms with van der Waals surface area (Å²) in [5.41, 5.74) is 13.8. The molecule has 136 heavy (non-hydrogen) atoms. The lowest BCUT2D eigenvalue weighted by Crippen LogP contribution is -2.41. The zero-order valence-electron chi connectivity index (χ0n) is 78.9. The number of carbonyl (C=O) groups excluding carboxylic acids is 9. The summed E-state index contributed by atoms with van der Waals surface area (Å²) in [4.78, 5) is 135. The lowest BCUT2D eigenvalue weighted by Gasteiger charge is -2.36. The number of nitrogens with zero attached hydrogens (tertiary/aromatic N) is 12. The number of imidazole rings is 4. The maximum atomic E-state index is 12.9. The molecule has 0 aliphatic heterocycles. The molecule has 11 N–H and O–H groups in total. The van der Waals surface area contributed by atoms with Gasteiger partial charge in [-0.25, -0.2) is 41.6 Å². The number of benzene rings is 9. The van der Waals surface area contributed by atoms with E-state index in [2.05, 4.69) is 108 Å². The Hall–Kier alpha value is -12.9. The van der Waals surface area contributed by atoms with Crippen LogP contribution in [0.3, 0.4) is 0 Å². The highest BCUT2D eigenvalue weighted by Gasteiger charge is 2.37. The van der Waals surface area contributed by atoms with Gasteiger partial charge in [0.15, 0.2) is 14.1 Å². The number of rotatable bonds is 33. The first-order valence-corrected chi connectivity index (χ1v) is 48.5. The number of aliphatic hydroxyl groups is 2. The number of ether oxygens (including phenoxy) is 1. The Balaban J connectivity index is 0.000000285. The number of nitrogens with one attached hydrogen (secondary N) is 4. The molecule has 4 aromatic heterocycles. The standard InChI is InChI=1S/C20H21N3O3.C19H20N4O3.C18H18N4O4.C14H25NOSi.C11H14ClNO.C9H8N2O2.C6H15N.C2H2Cl2O.H3NO/c1-3-12-23(15-8-5-4-6-9-15)18(24)13-22-14-21-19-16(20(25)26-2)10-7-11-17(19)22;1-2-11-23(14-7-4-3-5-8-14)17(24)12-22-13-20-18-15(19(25)21-26)9-6-10-16(18)22;23-10-9-22(13-5-2-1-3-6-13)16(24)11-21-12-19-17-14(18(25)20-26)7-4-8-15(17)21;1-14(2,3)17(4,5)16-12-11-15-13-9-7-6-8-10-13;1-2-8-13(11(14)9-12)10-6-4-3-5-7-10;12-4-8(13)6-2-1-3-7-9(6)11-5-10-7;1-4-7(5-2)6-3;3-1-2(4)5;1-2/h4-11,14H,3,12-13H2,1-2H3;3-10,13,26H,2,11-12H2,1H3,(H,21,25);1-8,12,23,26H,9-11H2,(H,20,25);6-10,15H,11-12H2,1-5H3;3-7H,2,8-9H2,1H3;1-3,5,12H,4H2,(H,10,11);4-6H2,1-3H3;1H2;2H,1H2. The van der Waals surface area contributed by atoms with Gasteiger partial charge >= 0.3 is 5.97 Å². The Morgan fingerprint density at radius 2 is 0.801 bits per heavy atom. The van der Waals surface area contributed by atoms with E-state index in [4.69, 9.17) is 64.7 Å². The van der Waals surface area contributed by atoms with Crippen LogP contribution in [-0.2, 0) is 52.8 Å². The molecule has 0 aliphatic rings. The predicted octanol–water partition coefficient (Wildman–Crippen LogP) is 16.2. The molecule has 4 heterocycles. The van der Waals surface area contributed by atoms with Gasteiger partial charge in [0.05, 0.1) is 95.8 Å². The Labute approximate surface area is 809 Å². The van der Waals surface area contributed by atoms with Crippen LogP contribution in [0.5, 0.6) is 0 Å². The number of alkyl halides is 2. The number of hydrogen-bond acceptors (Lipinski definition) is 23. The van der Waals surface area contributed by atoms with E-state index >= 15 is 0 Å². The number of anilines is 5. The number of H-pyrrole nitrogens is 1. The van der Waals surface area contributed by atoms with Crippen molar-refractivity contribution in [3.8, 4) is 0 Å². The van der Waals surface area contributed by atoms with Crippen LogP contribution in [0.2, 0.25) is 18.1 Å². The highest BCUT2D eigenvalue weighted by Crippen LogP contribution is 2.36. The normalized spacial score (nSPS) is 10.6. The second kappa shape index (κ2) is 61.1. The third-order valence-electron chi connectivity index (χ3n) is 21.0. The SMILES string of the molecule is CC(C)(C)[Si](C)(C)OCCNc1ccccc1.CCCN(C(=O)CCl)c1ccccc1.CCCN(C(=O)Cn1cnc2c(C(=O)NO)cccc21)c1ccccc1.CCCN(C(=O)Cn1cnc2c(C(=O)OC)cccc21)c1ccccc1.CCN(CC)CC.NO.O=C(CO)c1cccc2[nH]cnc12.O=C(Cl)CCl.O=C(NO)c1cccc2c1ncn2CC(=O)N(CCO)c1ccccc1. The van der Waals surface area contributed by atoms with E-state index in [1.807, 2.05) is 160 Å². The van der Waals surface area contributed by atoms with Gasteiger partial charge in [0, 0.05) is 66.7 Å². The molecule has 9 aromatic carbocycles. The third-order valence-corrected chi connectivity index (χ3v) is 26.3. The monoisotopic (exact) mass is 1940 g/mol. The molecule has 0 atom stereocenters. The number of aromatic amines is 1. The largest absolute Gasteiger partial charge is 0.465 e. The summed E-state index contributed by atoms with van der Waals surface area (Å²) in [6.45, 7) is 31.0. The van der Waals surface area contributed by atoms with Crippen LogP contribution in [0.4, 0.5) is 28.4 Å². The number of esters is 1. The smallest absolute Gasteiger partial charge is 0.340 e. The number of para-hydroxylation sites is 9. The number of hydrogen-bond donors (Lipinski definition) is 10. The molecule has 0 bridgehead atoms. The number of methoxy groups -OCH3 is 1. The summed E-state index contributed by atoms with van der Waals surface area (Å²) in [6.07, 6.45) is 8.75. The third kappa shape index (κ3) is 35.1. The fourth-order valence-corrected chi connectivity index (χ4v) is 14.4. The van der Waals surface area contributed by atoms with Gasteiger partial charge in [0.2, 0.25) is 28.9 Å². The number of carbonyl (C=O) groups is 9. The zero-order chi connectivity index (χ0) is 100. The average Bonchev–Trinajstić information content (AvgIpc) is 1.40. The molecule has 0 fully saturated rings. The van der Waals surface area contributed by atoms with Crippen molar-refractivity contribution in [1.29, 1.82) is 0 Å². The fraction of sp³-hybridized carbons (Fsp3) is 0.323. The van der Waals surface area contributed by atoms with Gasteiger partial charge < -0.3 is 73.1 Å². The van der Waals surface area contributed by atoms with Crippen molar-refractivity contribution in [3.63, 3.8) is 0 Å². The first-order chi connectivity index (χ1) is 65.5. The van der Waals surface area contributed by atoms with Crippen LogP contribution < -0.4 is 41.8 Å². The number of Topliss-reactive ketones (excluding diaryl/α,β-unsaturated/α-hetero) is 1. The van der Waals surface area contributed by atoms with Crippen molar-refractivity contribution in [2.24, 2.45) is 5.90 Å². The molecule has 0 radical (unpaired) electrons. The van der Waals surface area contributed by atoms with Crippen molar-refractivity contribution in [3.05, 3.63) is 272 Å². The van der Waals surface area contributed by atoms with Gasteiger partial charge in [-0.05, 0) is 178 Å². The Morgan fingerprint density at radius 1 is 0.456 bits per heavy atom. The molecule has 0 unspecified atom stereocenters. The van der Waals surface area contributed by atoms with Gasteiger partial charge in [-0.3, -0.25) is 48.8 Å². The molecular weight excluding hydrogens is 1820 g/mol. The van der Waals surface area contributed by atoms with Gasteiger partial charge in [-0.2, -0.15) is 0 Å². The van der Waals surface area contributed by atoms with Crippen LogP contribution in [-0.4, -0.2) is 221 Å². The molecule has 0 saturated heterocycles. The Bertz CT molecular complexity index is 5420. The molecule has 33 nitrogen and oxygen atoms in total. The van der Waals surface area contributed by atoms with E-state index in [0.29, 0.717) is 68.0 Å². The highest BCUT2D eigenvalue weighted by molar-refractivity contribution is 6.74. The fourth-order valence-electron chi connectivity index (χ4n) is 13.2. The summed E-state index contributed by atoms with van der Waals surface area (Å²) in [5, 5.41) is 45.3. The van der Waals surface area contributed by atoms with Crippen LogP contribution in [0, 0.1) is 0 Å². The Morgan fingerprint density at radius 3 is 1.12 bits per heavy atom. The second-order valence-electron chi connectivity index (χ2n) is 31.1. The predicted molar refractivity (Wildman–Crippen MR) is 540 cm³/mol. The van der Waals surface area contributed by atoms with E-state index in [1.54, 1.807) is 112 Å². The zero-order valence-corrected chi connectivity index (χ0v) is 82.2. The maximum Gasteiger partial charge on any atom is 0.340 e. The van der Waals surface area contributed by atoms with Crippen LogP contribution in [0.15, 0.2) is 250 Å². The summed E-state index contributed by atoms with van der Waals surface area (Å²) >= 11 is 15.1. The van der Waals surface area contributed by atoms with E-state index < -0.39 is 38.0 Å². The van der Waals surface area contributed by atoms with E-state index in [0.717, 1.165) is 72.7 Å². The molecule has 728 valence electrons. The number of amides is 6. The van der Waals surface area contributed by atoms with Crippen LogP contribution >= 0.6 is 34.8 Å². The Kier molecular flexibility index (Phi) is 51.0. The van der Waals surface area contributed by atoms with Crippen molar-refractivity contribution in [2.75, 3.05) is 116 Å². The molecule has 6 amide bonds. The van der Waals surface area contributed by atoms with Crippen LogP contribution in [0.1, 0.15) is 123 Å². The van der Waals surface area contributed by atoms with Crippen molar-refractivity contribution in [1.82, 2.24) is 54.5 Å². The van der Waals surface area contributed by atoms with Gasteiger partial charge in [0.1, 0.15) is 48.7 Å². The first-order valence-electron chi connectivity index (χ1n) is 44.1. The minimum Gasteiger partial charge on any atom is -0.465 e. The number of ketones is 1. The van der Waals surface area contributed by atoms with Crippen LogP contribution in [0.25, 0.3) is 44.1 Å². The van der Waals surface area contributed by atoms with E-state index in [9.17, 15) is 48.3 Å². The van der Waals surface area contributed by atoms with Crippen molar-refractivity contribution >= 4 is 168 Å². The van der Waals surface area contributed by atoms with Gasteiger partial charge in [-0.1, -0.05) is 178 Å². The summed E-state index contributed by atoms with van der Waals surface area (Å²) in [6, 6.07) is 68.5. The molecular formula is C99H126Cl3N17O16Si. The molecule has 0 spiro atoms.